The summed E-state index contributed by atoms with van der Waals surface area (Å²) in [6, 6.07) is 20.9. The number of nitrogens with one attached hydrogen (secondary N) is 3. The molecular formula is C25H27N5O5S. The van der Waals surface area contributed by atoms with Crippen molar-refractivity contribution in [1.29, 1.82) is 5.41 Å². The first-order valence-electron chi connectivity index (χ1n) is 11.0. The van der Waals surface area contributed by atoms with E-state index in [4.69, 9.17) is 15.9 Å². The van der Waals surface area contributed by atoms with Crippen molar-refractivity contribution in [3.8, 4) is 0 Å². The molecule has 1 unspecified atom stereocenters. The Labute approximate surface area is 209 Å². The summed E-state index contributed by atoms with van der Waals surface area (Å²) >= 11 is 0. The molecule has 0 aliphatic heterocycles. The highest BCUT2D eigenvalue weighted by atomic mass is 32.2. The van der Waals surface area contributed by atoms with Crippen molar-refractivity contribution < 1.29 is 22.7 Å². The summed E-state index contributed by atoms with van der Waals surface area (Å²) in [5.41, 5.74) is 8.88. The van der Waals surface area contributed by atoms with Gasteiger partial charge in [-0.25, -0.2) is 8.42 Å². The molecule has 0 fully saturated rings. The lowest BCUT2D eigenvalue weighted by Gasteiger charge is -2.29. The molecule has 0 aliphatic carbocycles. The number of ether oxygens (including phenoxy) is 1. The van der Waals surface area contributed by atoms with E-state index in [9.17, 15) is 18.0 Å². The maximum absolute atomic E-state index is 13.7. The molecule has 0 aliphatic rings. The van der Waals surface area contributed by atoms with E-state index >= 15 is 0 Å². The third-order valence-electron chi connectivity index (χ3n) is 5.03. The van der Waals surface area contributed by atoms with E-state index in [1.165, 1.54) is 24.3 Å². The fraction of sp³-hybridized carbons (Fsp3) is 0.160. The second-order valence-electron chi connectivity index (χ2n) is 7.63. The summed E-state index contributed by atoms with van der Waals surface area (Å²) in [5, 5.41) is 9.95. The average molecular weight is 510 g/mol. The van der Waals surface area contributed by atoms with E-state index in [1.54, 1.807) is 67.6 Å². The van der Waals surface area contributed by atoms with Gasteiger partial charge < -0.3 is 15.8 Å². The van der Waals surface area contributed by atoms with Crippen molar-refractivity contribution in [2.75, 3.05) is 11.9 Å². The summed E-state index contributed by atoms with van der Waals surface area (Å²) in [7, 11) is -4.39. The lowest BCUT2D eigenvalue weighted by atomic mass is 10.1. The number of nitrogens with zero attached hydrogens (tertiary/aromatic N) is 1. The molecule has 5 N–H and O–H groups in total. The van der Waals surface area contributed by atoms with Gasteiger partial charge in [-0.05, 0) is 42.8 Å². The highest BCUT2D eigenvalue weighted by Gasteiger charge is 2.38. The van der Waals surface area contributed by atoms with E-state index in [0.29, 0.717) is 15.7 Å². The van der Waals surface area contributed by atoms with Crippen LogP contribution in [0.5, 0.6) is 0 Å². The van der Waals surface area contributed by atoms with Gasteiger partial charge in [-0.2, -0.15) is 0 Å². The molecular weight excluding hydrogens is 482 g/mol. The Morgan fingerprint density at radius 3 is 2.25 bits per heavy atom. The maximum atomic E-state index is 13.7. The fourth-order valence-corrected chi connectivity index (χ4v) is 4.83. The normalized spacial score (nSPS) is 11.9. The molecule has 3 aromatic rings. The Balaban J connectivity index is 2.05. The van der Waals surface area contributed by atoms with Crippen LogP contribution in [-0.2, 0) is 26.0 Å². The number of carbonyl (C=O) groups is 2. The van der Waals surface area contributed by atoms with Crippen LogP contribution in [0.3, 0.4) is 0 Å². The van der Waals surface area contributed by atoms with Gasteiger partial charge in [-0.1, -0.05) is 59.0 Å². The van der Waals surface area contributed by atoms with E-state index in [-0.39, 0.29) is 29.4 Å². The summed E-state index contributed by atoms with van der Waals surface area (Å²) in [4.78, 5) is 26.1. The first kappa shape index (κ1) is 26.4. The van der Waals surface area contributed by atoms with Crippen LogP contribution < -0.4 is 16.5 Å². The van der Waals surface area contributed by atoms with Gasteiger partial charge in [0, 0.05) is 17.7 Å². The van der Waals surface area contributed by atoms with Gasteiger partial charge in [0.1, 0.15) is 6.04 Å². The third-order valence-corrected chi connectivity index (χ3v) is 6.76. The molecule has 0 saturated heterocycles. The molecule has 0 saturated carbocycles. The minimum absolute atomic E-state index is 0.0239. The zero-order valence-electron chi connectivity index (χ0n) is 19.5. The molecule has 36 heavy (non-hydrogen) atoms. The monoisotopic (exact) mass is 509 g/mol. The van der Waals surface area contributed by atoms with Gasteiger partial charge in [-0.15, -0.1) is 0 Å². The second kappa shape index (κ2) is 12.0. The Morgan fingerprint density at radius 1 is 1.00 bits per heavy atom. The van der Waals surface area contributed by atoms with E-state index in [1.807, 2.05) is 0 Å². The van der Waals surface area contributed by atoms with E-state index in [0.717, 1.165) is 0 Å². The molecule has 3 aromatic carbocycles. The lowest BCUT2D eigenvalue weighted by Crippen LogP contribution is -2.56. The van der Waals surface area contributed by atoms with Crippen molar-refractivity contribution >= 4 is 33.5 Å². The molecule has 1 amide bonds. The lowest BCUT2D eigenvalue weighted by molar-refractivity contribution is -0.148. The molecule has 11 heteroatoms. The van der Waals surface area contributed by atoms with Crippen LogP contribution in [0.4, 0.5) is 5.69 Å². The molecule has 0 radical (unpaired) electrons. The van der Waals surface area contributed by atoms with E-state index < -0.39 is 27.9 Å². The largest absolute Gasteiger partial charge is 0.465 e. The van der Waals surface area contributed by atoms with Crippen LogP contribution in [0.15, 0.2) is 89.8 Å². The van der Waals surface area contributed by atoms with Crippen LogP contribution in [0.1, 0.15) is 22.8 Å². The third kappa shape index (κ3) is 6.68. The van der Waals surface area contributed by atoms with Crippen LogP contribution in [0, 0.1) is 5.41 Å². The number of nitrogens with two attached hydrogens (primary N) is 1. The highest BCUT2D eigenvalue weighted by Crippen LogP contribution is 2.21. The molecule has 0 aromatic heterocycles. The predicted octanol–water partition coefficient (Wildman–Crippen LogP) is 2.50. The van der Waals surface area contributed by atoms with E-state index in [2.05, 4.69) is 10.7 Å². The van der Waals surface area contributed by atoms with Gasteiger partial charge >= 0.3 is 5.97 Å². The van der Waals surface area contributed by atoms with Gasteiger partial charge in [-0.3, -0.25) is 20.4 Å². The smallest absolute Gasteiger partial charge is 0.326 e. The number of rotatable bonds is 10. The Hall–Kier alpha value is -4.22. The number of anilines is 1. The number of sulfonamides is 1. The topological polar surface area (TPSA) is 155 Å². The van der Waals surface area contributed by atoms with Crippen LogP contribution in [-0.4, -0.2) is 43.3 Å². The molecule has 0 heterocycles. The molecule has 10 nitrogen and oxygen atoms in total. The van der Waals surface area contributed by atoms with Gasteiger partial charge in [0.15, 0.2) is 5.96 Å². The second-order valence-corrected chi connectivity index (χ2v) is 9.45. The average Bonchev–Trinajstić information content (AvgIpc) is 2.87. The number of hydrogen-bond acceptors (Lipinski definition) is 6. The molecule has 0 bridgehead atoms. The summed E-state index contributed by atoms with van der Waals surface area (Å²) in [5.74, 6) is -1.93. The Morgan fingerprint density at radius 2 is 1.64 bits per heavy atom. The highest BCUT2D eigenvalue weighted by molar-refractivity contribution is 7.89. The van der Waals surface area contributed by atoms with Crippen molar-refractivity contribution in [2.24, 2.45) is 5.73 Å². The summed E-state index contributed by atoms with van der Waals surface area (Å²) in [6.45, 7) is 1.63. The first-order valence-corrected chi connectivity index (χ1v) is 12.5. The first-order chi connectivity index (χ1) is 17.2. The van der Waals surface area contributed by atoms with Crippen LogP contribution >= 0.6 is 0 Å². The predicted molar refractivity (Wildman–Crippen MR) is 135 cm³/mol. The summed E-state index contributed by atoms with van der Waals surface area (Å²) < 4.78 is 33.2. The van der Waals surface area contributed by atoms with Crippen molar-refractivity contribution in [3.05, 3.63) is 96.1 Å². The van der Waals surface area contributed by atoms with Crippen molar-refractivity contribution in [3.63, 3.8) is 0 Å². The molecule has 3 rings (SSSR count). The number of carbonyl (C=O) groups excluding carboxylic acids is 2. The number of guanidine groups is 1. The maximum Gasteiger partial charge on any atom is 0.326 e. The SMILES string of the molecule is CCOC(=O)C(Cc1ccccc1)N(NC(=O)c1cccc(NC(=N)N)c1)S(=O)(=O)c1ccccc1. The van der Waals surface area contributed by atoms with Crippen molar-refractivity contribution in [1.82, 2.24) is 9.84 Å². The fourth-order valence-electron chi connectivity index (χ4n) is 3.41. The van der Waals surface area contributed by atoms with Crippen LogP contribution in [0.25, 0.3) is 0 Å². The molecule has 1 atom stereocenters. The zero-order chi connectivity index (χ0) is 26.1. The number of hydrazine groups is 1. The minimum Gasteiger partial charge on any atom is -0.465 e. The quantitative estimate of drug-likeness (QED) is 0.142. The molecule has 0 spiro atoms. The number of hydrogen-bond donors (Lipinski definition) is 4. The van der Waals surface area contributed by atoms with Gasteiger partial charge in [0.2, 0.25) is 0 Å². The number of benzene rings is 3. The standard InChI is InChI=1S/C25H27N5O5S/c1-2-35-24(32)22(16-18-10-5-3-6-11-18)30(36(33,34)21-14-7-4-8-15-21)29-23(31)19-12-9-13-20(17-19)28-25(26)27/h3-15,17,22H,2,16H2,1H3,(H,29,31)(H4,26,27,28). The summed E-state index contributed by atoms with van der Waals surface area (Å²) in [6.07, 6.45) is -0.0437. The number of esters is 1. The Bertz CT molecular complexity index is 1320. The Kier molecular flexibility index (Phi) is 8.76. The van der Waals surface area contributed by atoms with Gasteiger partial charge in [0.25, 0.3) is 15.9 Å². The minimum atomic E-state index is -4.39. The zero-order valence-corrected chi connectivity index (χ0v) is 20.4. The molecule has 188 valence electrons. The number of amides is 1. The van der Waals surface area contributed by atoms with Crippen LogP contribution in [0.2, 0.25) is 0 Å². The van der Waals surface area contributed by atoms with Gasteiger partial charge in [0.05, 0.1) is 11.5 Å². The van der Waals surface area contributed by atoms with Crippen molar-refractivity contribution in [2.45, 2.75) is 24.3 Å².